The summed E-state index contributed by atoms with van der Waals surface area (Å²) in [5.41, 5.74) is 9.52. The minimum absolute atomic E-state index is 0.0832. The van der Waals surface area contributed by atoms with Crippen LogP contribution in [0.4, 0.5) is 5.82 Å². The van der Waals surface area contributed by atoms with Gasteiger partial charge >= 0.3 is 0 Å². The minimum atomic E-state index is -0.0832. The summed E-state index contributed by atoms with van der Waals surface area (Å²) in [6.45, 7) is 1.83. The van der Waals surface area contributed by atoms with Crippen LogP contribution in [-0.4, -0.2) is 33.6 Å². The van der Waals surface area contributed by atoms with Crippen molar-refractivity contribution in [1.82, 2.24) is 19.9 Å². The molecule has 0 aliphatic rings. The second-order valence-electron chi connectivity index (χ2n) is 8.77. The third-order valence-corrected chi connectivity index (χ3v) is 6.73. The van der Waals surface area contributed by atoms with E-state index < -0.39 is 0 Å². The highest BCUT2D eigenvalue weighted by Gasteiger charge is 2.17. The first-order valence-electron chi connectivity index (χ1n) is 12.3. The van der Waals surface area contributed by atoms with E-state index in [2.05, 4.69) is 36.9 Å². The maximum absolute atomic E-state index is 12.5. The van der Waals surface area contributed by atoms with Crippen molar-refractivity contribution in [3.05, 3.63) is 94.7 Å². The number of imidazole rings is 1. The molecule has 188 valence electrons. The number of nitrogens with two attached hydrogens (primary N) is 1. The van der Waals surface area contributed by atoms with Gasteiger partial charge in [0.1, 0.15) is 17.1 Å². The van der Waals surface area contributed by atoms with Crippen molar-refractivity contribution < 1.29 is 9.53 Å². The normalized spacial score (nSPS) is 11.2. The lowest BCUT2D eigenvalue weighted by molar-refractivity contribution is 0.0952. The SMILES string of the molecule is Nc1nc2ccccc2c2c1nc(CCCOc1ccccc1)n2CCCNC(=O)c1ccc(Br)cc1. The Morgan fingerprint density at radius 2 is 1.70 bits per heavy atom. The van der Waals surface area contributed by atoms with Gasteiger partial charge < -0.3 is 20.4 Å². The molecule has 3 N–H and O–H groups in total. The van der Waals surface area contributed by atoms with Crippen LogP contribution < -0.4 is 15.8 Å². The van der Waals surface area contributed by atoms with Gasteiger partial charge in [0.2, 0.25) is 0 Å². The van der Waals surface area contributed by atoms with E-state index in [0.29, 0.717) is 31.1 Å². The van der Waals surface area contributed by atoms with Crippen LogP contribution in [0, 0.1) is 0 Å². The van der Waals surface area contributed by atoms with Gasteiger partial charge in [-0.3, -0.25) is 4.79 Å². The number of halogens is 1. The van der Waals surface area contributed by atoms with Gasteiger partial charge in [0, 0.05) is 34.9 Å². The fourth-order valence-corrected chi connectivity index (χ4v) is 4.68. The molecule has 0 radical (unpaired) electrons. The zero-order valence-corrected chi connectivity index (χ0v) is 21.9. The van der Waals surface area contributed by atoms with E-state index in [-0.39, 0.29) is 5.91 Å². The Labute approximate surface area is 223 Å². The molecule has 0 aliphatic heterocycles. The van der Waals surface area contributed by atoms with E-state index in [1.165, 1.54) is 0 Å². The average Bonchev–Trinajstić information content (AvgIpc) is 3.29. The zero-order valence-electron chi connectivity index (χ0n) is 20.4. The number of nitrogens with one attached hydrogen (secondary N) is 1. The van der Waals surface area contributed by atoms with Crippen LogP contribution in [-0.2, 0) is 13.0 Å². The summed E-state index contributed by atoms with van der Waals surface area (Å²) in [6.07, 6.45) is 2.29. The quantitative estimate of drug-likeness (QED) is 0.213. The summed E-state index contributed by atoms with van der Waals surface area (Å²) < 4.78 is 9.05. The van der Waals surface area contributed by atoms with Crippen molar-refractivity contribution in [1.29, 1.82) is 0 Å². The number of carbonyl (C=O) groups excluding carboxylic acids is 1. The molecule has 5 rings (SSSR count). The number of anilines is 1. The molecule has 0 aliphatic carbocycles. The van der Waals surface area contributed by atoms with Gasteiger partial charge in [0.05, 0.1) is 17.6 Å². The van der Waals surface area contributed by atoms with E-state index in [0.717, 1.165) is 57.2 Å². The van der Waals surface area contributed by atoms with Gasteiger partial charge in [0.15, 0.2) is 5.82 Å². The van der Waals surface area contributed by atoms with Crippen LogP contribution in [0.2, 0.25) is 0 Å². The van der Waals surface area contributed by atoms with E-state index in [9.17, 15) is 4.79 Å². The van der Waals surface area contributed by atoms with Crippen LogP contribution in [0.3, 0.4) is 0 Å². The predicted octanol–water partition coefficient (Wildman–Crippen LogP) is 5.76. The largest absolute Gasteiger partial charge is 0.494 e. The number of pyridine rings is 1. The standard InChI is InChI=1S/C29H28BrN5O2/c30-21-15-13-20(14-16-21)29(36)32-17-7-18-35-25(12-6-19-37-22-8-2-1-3-9-22)34-26-27(35)23-10-4-5-11-24(23)33-28(26)31/h1-5,8-11,13-16H,6-7,12,17-19H2,(H2,31,33)(H,32,36). The zero-order chi connectivity index (χ0) is 25.6. The van der Waals surface area contributed by atoms with Gasteiger partial charge in [-0.1, -0.05) is 52.3 Å². The molecule has 0 saturated heterocycles. The summed E-state index contributed by atoms with van der Waals surface area (Å²) >= 11 is 3.40. The van der Waals surface area contributed by atoms with E-state index >= 15 is 0 Å². The summed E-state index contributed by atoms with van der Waals surface area (Å²) in [6, 6.07) is 25.1. The Morgan fingerprint density at radius 1 is 0.946 bits per heavy atom. The highest BCUT2D eigenvalue weighted by atomic mass is 79.9. The monoisotopic (exact) mass is 557 g/mol. The van der Waals surface area contributed by atoms with Gasteiger partial charge in [-0.25, -0.2) is 9.97 Å². The van der Waals surface area contributed by atoms with Crippen molar-refractivity contribution in [2.24, 2.45) is 0 Å². The van der Waals surface area contributed by atoms with Gasteiger partial charge in [-0.05, 0) is 55.3 Å². The molecule has 0 spiro atoms. The molecule has 0 fully saturated rings. The van der Waals surface area contributed by atoms with Gasteiger partial charge in [-0.15, -0.1) is 0 Å². The van der Waals surface area contributed by atoms with Crippen LogP contribution in [0.1, 0.15) is 29.0 Å². The fraction of sp³-hybridized carbons (Fsp3) is 0.207. The molecule has 37 heavy (non-hydrogen) atoms. The van der Waals surface area contributed by atoms with Crippen LogP contribution in [0.5, 0.6) is 5.75 Å². The molecule has 3 aromatic carbocycles. The molecule has 0 unspecified atom stereocenters. The Morgan fingerprint density at radius 3 is 2.51 bits per heavy atom. The molecule has 0 saturated carbocycles. The molecular formula is C29H28BrN5O2. The Kier molecular flexibility index (Phi) is 7.65. The lowest BCUT2D eigenvalue weighted by Gasteiger charge is -2.12. The maximum Gasteiger partial charge on any atom is 0.251 e. The van der Waals surface area contributed by atoms with Crippen molar-refractivity contribution in [2.45, 2.75) is 25.8 Å². The van der Waals surface area contributed by atoms with E-state index in [1.54, 1.807) is 12.1 Å². The van der Waals surface area contributed by atoms with E-state index in [1.807, 2.05) is 60.7 Å². The first-order chi connectivity index (χ1) is 18.1. The Balaban J connectivity index is 1.33. The maximum atomic E-state index is 12.5. The number of para-hydroxylation sites is 2. The number of amides is 1. The Hall–Kier alpha value is -3.91. The van der Waals surface area contributed by atoms with Crippen LogP contribution in [0.15, 0.2) is 83.3 Å². The topological polar surface area (TPSA) is 95.1 Å². The third-order valence-electron chi connectivity index (χ3n) is 6.20. The number of fused-ring (bicyclic) bond motifs is 3. The predicted molar refractivity (Wildman–Crippen MR) is 151 cm³/mol. The molecule has 5 aromatic rings. The number of nitrogen functional groups attached to an aromatic ring is 1. The van der Waals surface area contributed by atoms with Crippen LogP contribution in [0.25, 0.3) is 21.9 Å². The molecular weight excluding hydrogens is 530 g/mol. The molecule has 7 nitrogen and oxygen atoms in total. The Bertz CT molecular complexity index is 1520. The third kappa shape index (κ3) is 5.75. The lowest BCUT2D eigenvalue weighted by Crippen LogP contribution is -2.25. The summed E-state index contributed by atoms with van der Waals surface area (Å²) in [7, 11) is 0. The number of aryl methyl sites for hydroxylation is 2. The first kappa shape index (κ1) is 24.8. The average molecular weight is 558 g/mol. The summed E-state index contributed by atoms with van der Waals surface area (Å²) in [5, 5.41) is 4.04. The number of aromatic nitrogens is 3. The smallest absolute Gasteiger partial charge is 0.251 e. The number of benzene rings is 3. The van der Waals surface area contributed by atoms with Gasteiger partial charge in [-0.2, -0.15) is 0 Å². The lowest BCUT2D eigenvalue weighted by atomic mass is 10.2. The second kappa shape index (κ2) is 11.4. The molecule has 1 amide bonds. The molecule has 8 heteroatoms. The summed E-state index contributed by atoms with van der Waals surface area (Å²) in [5.74, 6) is 2.14. The molecule has 2 heterocycles. The fourth-order valence-electron chi connectivity index (χ4n) is 4.42. The van der Waals surface area contributed by atoms with Gasteiger partial charge in [0.25, 0.3) is 5.91 Å². The molecule has 2 aromatic heterocycles. The highest BCUT2D eigenvalue weighted by Crippen LogP contribution is 2.29. The second-order valence-corrected chi connectivity index (χ2v) is 9.69. The molecule has 0 atom stereocenters. The number of hydrogen-bond donors (Lipinski definition) is 2. The number of carbonyl (C=O) groups is 1. The minimum Gasteiger partial charge on any atom is -0.494 e. The van der Waals surface area contributed by atoms with Crippen molar-refractivity contribution in [3.63, 3.8) is 0 Å². The first-order valence-corrected chi connectivity index (χ1v) is 13.1. The number of nitrogens with zero attached hydrogens (tertiary/aromatic N) is 3. The van der Waals surface area contributed by atoms with Crippen LogP contribution >= 0.6 is 15.9 Å². The number of hydrogen-bond acceptors (Lipinski definition) is 5. The van der Waals surface area contributed by atoms with Crippen molar-refractivity contribution in [2.75, 3.05) is 18.9 Å². The number of rotatable bonds is 10. The summed E-state index contributed by atoms with van der Waals surface area (Å²) in [4.78, 5) is 22.0. The van der Waals surface area contributed by atoms with Crippen molar-refractivity contribution >= 4 is 49.6 Å². The highest BCUT2D eigenvalue weighted by molar-refractivity contribution is 9.10. The van der Waals surface area contributed by atoms with E-state index in [4.69, 9.17) is 15.5 Å². The van der Waals surface area contributed by atoms with Crippen molar-refractivity contribution in [3.8, 4) is 5.75 Å². The number of ether oxygens (including phenoxy) is 1. The molecule has 0 bridgehead atoms.